The summed E-state index contributed by atoms with van der Waals surface area (Å²) in [5.41, 5.74) is 5.66. The molecule has 0 aliphatic heterocycles. The summed E-state index contributed by atoms with van der Waals surface area (Å²) < 4.78 is 2.18. The van der Waals surface area contributed by atoms with Gasteiger partial charge in [0.15, 0.2) is 0 Å². The first kappa shape index (κ1) is 15.5. The van der Waals surface area contributed by atoms with Crippen LogP contribution in [0, 0.1) is 6.92 Å². The van der Waals surface area contributed by atoms with E-state index in [2.05, 4.69) is 41.0 Å². The number of carbonyl (C=O) groups is 1. The lowest BCUT2D eigenvalue weighted by Gasteiger charge is -2.06. The summed E-state index contributed by atoms with van der Waals surface area (Å²) in [6, 6.07) is 16.4. The third-order valence-corrected chi connectivity index (χ3v) is 5.02. The van der Waals surface area contributed by atoms with Crippen molar-refractivity contribution in [3.05, 3.63) is 71.5 Å². The van der Waals surface area contributed by atoms with Gasteiger partial charge in [0.25, 0.3) is 0 Å². The highest BCUT2D eigenvalue weighted by atomic mass is 16.1. The molecule has 2 N–H and O–H groups in total. The van der Waals surface area contributed by atoms with Gasteiger partial charge in [-0.25, -0.2) is 0 Å². The van der Waals surface area contributed by atoms with E-state index in [1.54, 1.807) is 0 Å². The number of hydrogen-bond donors (Lipinski definition) is 2. The zero-order chi connectivity index (χ0) is 17.4. The van der Waals surface area contributed by atoms with Gasteiger partial charge in [0.1, 0.15) is 0 Å². The van der Waals surface area contributed by atoms with E-state index in [1.165, 1.54) is 22.2 Å². The molecular weight excluding hydrogens is 310 g/mol. The predicted molar refractivity (Wildman–Crippen MR) is 102 cm³/mol. The molecule has 0 saturated carbocycles. The van der Waals surface area contributed by atoms with Crippen LogP contribution in [0.25, 0.3) is 21.8 Å². The number of fused-ring (bicyclic) bond motifs is 2. The maximum Gasteiger partial charge on any atom is 0.224 e. The monoisotopic (exact) mass is 331 g/mol. The van der Waals surface area contributed by atoms with Gasteiger partial charge in [-0.15, -0.1) is 0 Å². The quantitative estimate of drug-likeness (QED) is 0.587. The zero-order valence-electron chi connectivity index (χ0n) is 14.5. The highest BCUT2D eigenvalue weighted by Gasteiger charge is 2.13. The highest BCUT2D eigenvalue weighted by molar-refractivity contribution is 5.89. The maximum atomic E-state index is 12.4. The van der Waals surface area contributed by atoms with E-state index < -0.39 is 0 Å². The van der Waals surface area contributed by atoms with Crippen LogP contribution in [0.3, 0.4) is 0 Å². The smallest absolute Gasteiger partial charge is 0.224 e. The van der Waals surface area contributed by atoms with Crippen molar-refractivity contribution >= 4 is 27.7 Å². The molecule has 2 aromatic heterocycles. The molecule has 25 heavy (non-hydrogen) atoms. The second kappa shape index (κ2) is 6.13. The lowest BCUT2D eigenvalue weighted by atomic mass is 10.1. The lowest BCUT2D eigenvalue weighted by molar-refractivity contribution is -0.120. The Morgan fingerprint density at radius 1 is 1.08 bits per heavy atom. The molecule has 126 valence electrons. The van der Waals surface area contributed by atoms with E-state index in [4.69, 9.17) is 0 Å². The van der Waals surface area contributed by atoms with Crippen molar-refractivity contribution in [3.63, 3.8) is 0 Å². The minimum atomic E-state index is 0.0390. The molecule has 2 heterocycles. The molecule has 0 unspecified atom stereocenters. The van der Waals surface area contributed by atoms with Crippen molar-refractivity contribution in [1.29, 1.82) is 0 Å². The van der Waals surface area contributed by atoms with E-state index in [0.29, 0.717) is 13.0 Å². The molecule has 1 amide bonds. The SMILES string of the molecule is Cc1c(CNC(=O)Cc2c[nH]c3ccccc23)c2ccccc2n1C. The predicted octanol–water partition coefficient (Wildman–Crippen LogP) is 3.83. The first-order valence-electron chi connectivity index (χ1n) is 8.49. The summed E-state index contributed by atoms with van der Waals surface area (Å²) >= 11 is 0. The highest BCUT2D eigenvalue weighted by Crippen LogP contribution is 2.24. The summed E-state index contributed by atoms with van der Waals surface area (Å²) in [6.45, 7) is 2.65. The summed E-state index contributed by atoms with van der Waals surface area (Å²) in [5, 5.41) is 5.40. The second-order valence-electron chi connectivity index (χ2n) is 6.45. The Hall–Kier alpha value is -3.01. The molecule has 0 bridgehead atoms. The largest absolute Gasteiger partial charge is 0.361 e. The van der Waals surface area contributed by atoms with Crippen LogP contribution in [0.4, 0.5) is 0 Å². The van der Waals surface area contributed by atoms with Crippen LogP contribution in [-0.2, 0) is 24.8 Å². The summed E-state index contributed by atoms with van der Waals surface area (Å²) in [4.78, 5) is 15.7. The number of nitrogens with zero attached hydrogens (tertiary/aromatic N) is 1. The van der Waals surface area contributed by atoms with E-state index in [0.717, 1.165) is 16.5 Å². The standard InChI is InChI=1S/C21H21N3O/c1-14-18(17-8-4-6-10-20(17)24(14)2)13-23-21(25)11-15-12-22-19-9-5-3-7-16(15)19/h3-10,12,22H,11,13H2,1-2H3,(H,23,25). The average molecular weight is 331 g/mol. The lowest BCUT2D eigenvalue weighted by Crippen LogP contribution is -2.24. The van der Waals surface area contributed by atoms with E-state index in [1.807, 2.05) is 42.6 Å². The van der Waals surface area contributed by atoms with Gasteiger partial charge >= 0.3 is 0 Å². The number of amides is 1. The van der Waals surface area contributed by atoms with Gasteiger partial charge in [0.05, 0.1) is 6.42 Å². The zero-order valence-corrected chi connectivity index (χ0v) is 14.5. The molecule has 4 aromatic rings. The molecule has 0 aliphatic carbocycles. The van der Waals surface area contributed by atoms with Crippen molar-refractivity contribution in [2.45, 2.75) is 19.9 Å². The Kier molecular flexibility index (Phi) is 3.80. The molecule has 0 fully saturated rings. The molecule has 0 aliphatic rings. The Balaban J connectivity index is 1.52. The molecule has 4 heteroatoms. The van der Waals surface area contributed by atoms with Crippen molar-refractivity contribution < 1.29 is 4.79 Å². The van der Waals surface area contributed by atoms with Crippen LogP contribution in [-0.4, -0.2) is 15.5 Å². The number of para-hydroxylation sites is 2. The Morgan fingerprint density at radius 2 is 1.80 bits per heavy atom. The van der Waals surface area contributed by atoms with Crippen LogP contribution in [0.15, 0.2) is 54.7 Å². The van der Waals surface area contributed by atoms with Gasteiger partial charge in [0.2, 0.25) is 5.91 Å². The van der Waals surface area contributed by atoms with Crippen LogP contribution in [0.5, 0.6) is 0 Å². The van der Waals surface area contributed by atoms with Gasteiger partial charge in [-0.1, -0.05) is 36.4 Å². The van der Waals surface area contributed by atoms with E-state index >= 15 is 0 Å². The fourth-order valence-electron chi connectivity index (χ4n) is 3.52. The first-order chi connectivity index (χ1) is 12.1. The van der Waals surface area contributed by atoms with Gasteiger partial charge in [-0.05, 0) is 30.2 Å². The van der Waals surface area contributed by atoms with Gasteiger partial charge in [-0.2, -0.15) is 0 Å². The maximum absolute atomic E-state index is 12.4. The van der Waals surface area contributed by atoms with Crippen LogP contribution >= 0.6 is 0 Å². The Labute approximate surface area is 146 Å². The van der Waals surface area contributed by atoms with Crippen LogP contribution in [0.1, 0.15) is 16.8 Å². The van der Waals surface area contributed by atoms with Crippen LogP contribution < -0.4 is 5.32 Å². The summed E-state index contributed by atoms with van der Waals surface area (Å²) in [7, 11) is 2.06. The fraction of sp³-hybridized carbons (Fsp3) is 0.190. The average Bonchev–Trinajstić information content (AvgIpc) is 3.14. The van der Waals surface area contributed by atoms with Crippen molar-refractivity contribution in [1.82, 2.24) is 14.9 Å². The molecule has 4 rings (SSSR count). The minimum Gasteiger partial charge on any atom is -0.361 e. The number of hydrogen-bond acceptors (Lipinski definition) is 1. The molecule has 2 aromatic carbocycles. The number of aromatic nitrogens is 2. The van der Waals surface area contributed by atoms with Gasteiger partial charge in [0, 0.05) is 47.3 Å². The molecule has 0 saturated heterocycles. The van der Waals surface area contributed by atoms with Crippen LogP contribution in [0.2, 0.25) is 0 Å². The fourth-order valence-corrected chi connectivity index (χ4v) is 3.52. The van der Waals surface area contributed by atoms with Crippen molar-refractivity contribution in [2.24, 2.45) is 7.05 Å². The second-order valence-corrected chi connectivity index (χ2v) is 6.45. The number of rotatable bonds is 4. The normalized spacial score (nSPS) is 11.3. The molecule has 4 nitrogen and oxygen atoms in total. The number of aryl methyl sites for hydroxylation is 1. The van der Waals surface area contributed by atoms with Crippen molar-refractivity contribution in [2.75, 3.05) is 0 Å². The van der Waals surface area contributed by atoms with E-state index in [9.17, 15) is 4.79 Å². The first-order valence-corrected chi connectivity index (χ1v) is 8.49. The van der Waals surface area contributed by atoms with Gasteiger partial charge in [-0.3, -0.25) is 4.79 Å². The summed E-state index contributed by atoms with van der Waals surface area (Å²) in [6.07, 6.45) is 2.31. The third-order valence-electron chi connectivity index (χ3n) is 5.02. The number of benzene rings is 2. The number of nitrogens with one attached hydrogen (secondary N) is 2. The Bertz CT molecular complexity index is 1070. The van der Waals surface area contributed by atoms with E-state index in [-0.39, 0.29) is 5.91 Å². The number of aromatic amines is 1. The third kappa shape index (κ3) is 2.70. The molecule has 0 atom stereocenters. The van der Waals surface area contributed by atoms with Gasteiger partial charge < -0.3 is 14.9 Å². The topological polar surface area (TPSA) is 49.8 Å². The molecular formula is C21H21N3O. The summed E-state index contributed by atoms with van der Waals surface area (Å²) in [5.74, 6) is 0.0390. The molecule has 0 spiro atoms. The number of H-pyrrole nitrogens is 1. The minimum absolute atomic E-state index is 0.0390. The molecule has 0 radical (unpaired) electrons. The number of carbonyl (C=O) groups excluding carboxylic acids is 1. The Morgan fingerprint density at radius 3 is 2.64 bits per heavy atom. The van der Waals surface area contributed by atoms with Crippen molar-refractivity contribution in [3.8, 4) is 0 Å².